The smallest absolute Gasteiger partial charge is 0.211 e. The average molecular weight is 444 g/mol. The van der Waals surface area contributed by atoms with Crippen LogP contribution in [-0.2, 0) is 16.4 Å². The van der Waals surface area contributed by atoms with Crippen molar-refractivity contribution >= 4 is 26.4 Å². The van der Waals surface area contributed by atoms with Crippen LogP contribution in [0.2, 0.25) is 0 Å². The molecule has 1 aliphatic heterocycles. The predicted octanol–water partition coefficient (Wildman–Crippen LogP) is 3.05. The Morgan fingerprint density at radius 3 is 2.42 bits per heavy atom. The maximum Gasteiger partial charge on any atom is 0.211 e. The van der Waals surface area contributed by atoms with Gasteiger partial charge in [0.05, 0.1) is 21.5 Å². The standard InChI is InChI=1S/C23H26FN3O3S/c1-4-26-15-22(31(29,30)17-7-5-6-16(2)12-17)23(28)18-13-19(24)21(14-20(18)26)27-10-8-25(3)9-11-27/h5-7,12-15H,4,8-11H2,1-3H3. The molecule has 3 aromatic rings. The molecule has 0 amide bonds. The van der Waals surface area contributed by atoms with Crippen LogP contribution in [0.4, 0.5) is 10.1 Å². The highest BCUT2D eigenvalue weighted by atomic mass is 32.2. The summed E-state index contributed by atoms with van der Waals surface area (Å²) in [4.78, 5) is 17.1. The quantitative estimate of drug-likeness (QED) is 0.620. The van der Waals surface area contributed by atoms with Gasteiger partial charge in [-0.3, -0.25) is 4.79 Å². The lowest BCUT2D eigenvalue weighted by atomic mass is 10.1. The Morgan fingerprint density at radius 2 is 1.77 bits per heavy atom. The number of aryl methyl sites for hydroxylation is 2. The first-order valence-corrected chi connectivity index (χ1v) is 11.8. The number of pyridine rings is 1. The van der Waals surface area contributed by atoms with Gasteiger partial charge in [-0.1, -0.05) is 12.1 Å². The number of hydrogen-bond donors (Lipinski definition) is 0. The van der Waals surface area contributed by atoms with Crippen molar-refractivity contribution < 1.29 is 12.8 Å². The zero-order valence-corrected chi connectivity index (χ0v) is 18.7. The Hall–Kier alpha value is -2.71. The van der Waals surface area contributed by atoms with Crippen LogP contribution in [0.5, 0.6) is 0 Å². The lowest BCUT2D eigenvalue weighted by Crippen LogP contribution is -2.44. The molecule has 1 fully saturated rings. The number of sulfone groups is 1. The third-order valence-electron chi connectivity index (χ3n) is 5.89. The van der Waals surface area contributed by atoms with E-state index in [1.54, 1.807) is 29.7 Å². The molecule has 164 valence electrons. The molecule has 0 bridgehead atoms. The fourth-order valence-corrected chi connectivity index (χ4v) is 5.50. The molecule has 1 saturated heterocycles. The molecule has 1 aliphatic rings. The molecule has 0 unspecified atom stereocenters. The van der Waals surface area contributed by atoms with E-state index in [-0.39, 0.29) is 15.2 Å². The number of hydrogen-bond acceptors (Lipinski definition) is 5. The SMILES string of the molecule is CCn1cc(S(=O)(=O)c2cccc(C)c2)c(=O)c2cc(F)c(N3CCN(C)CC3)cc21. The number of piperazine rings is 1. The summed E-state index contributed by atoms with van der Waals surface area (Å²) in [5, 5.41) is 0.0750. The van der Waals surface area contributed by atoms with Crippen molar-refractivity contribution in [3.05, 3.63) is 64.2 Å². The van der Waals surface area contributed by atoms with Crippen molar-refractivity contribution in [1.82, 2.24) is 9.47 Å². The Bertz CT molecular complexity index is 1310. The Balaban J connectivity index is 1.90. The molecular formula is C23H26FN3O3S. The van der Waals surface area contributed by atoms with Crippen LogP contribution >= 0.6 is 0 Å². The average Bonchev–Trinajstić information content (AvgIpc) is 2.74. The molecular weight excluding hydrogens is 417 g/mol. The summed E-state index contributed by atoms with van der Waals surface area (Å²) in [5.74, 6) is -0.512. The number of nitrogens with zero attached hydrogens (tertiary/aromatic N) is 3. The number of anilines is 1. The van der Waals surface area contributed by atoms with Gasteiger partial charge in [-0.25, -0.2) is 12.8 Å². The molecule has 0 aliphatic carbocycles. The summed E-state index contributed by atoms with van der Waals surface area (Å²) in [6.45, 7) is 7.13. The zero-order chi connectivity index (χ0) is 22.3. The van der Waals surface area contributed by atoms with Crippen LogP contribution in [0.3, 0.4) is 0 Å². The summed E-state index contributed by atoms with van der Waals surface area (Å²) in [5.41, 5.74) is 1.08. The fourth-order valence-electron chi connectivity index (χ4n) is 4.02. The minimum atomic E-state index is -4.04. The molecule has 2 heterocycles. The van der Waals surface area contributed by atoms with Gasteiger partial charge in [0.15, 0.2) is 0 Å². The molecule has 0 spiro atoms. The van der Waals surface area contributed by atoms with Crippen molar-refractivity contribution in [2.24, 2.45) is 0 Å². The molecule has 4 rings (SSSR count). The van der Waals surface area contributed by atoms with Crippen LogP contribution in [0, 0.1) is 12.7 Å². The maximum atomic E-state index is 15.1. The Labute approximate surface area is 181 Å². The minimum Gasteiger partial charge on any atom is -0.367 e. The van der Waals surface area contributed by atoms with E-state index in [0.29, 0.717) is 30.8 Å². The molecule has 0 radical (unpaired) electrons. The van der Waals surface area contributed by atoms with Gasteiger partial charge >= 0.3 is 0 Å². The molecule has 0 atom stereocenters. The van der Waals surface area contributed by atoms with Crippen LogP contribution < -0.4 is 10.3 Å². The Morgan fingerprint density at radius 1 is 1.06 bits per heavy atom. The first-order valence-electron chi connectivity index (χ1n) is 10.3. The molecule has 2 aromatic carbocycles. The second-order valence-electron chi connectivity index (χ2n) is 8.04. The highest BCUT2D eigenvalue weighted by Crippen LogP contribution is 2.28. The molecule has 0 N–H and O–H groups in total. The number of halogens is 1. The highest BCUT2D eigenvalue weighted by Gasteiger charge is 2.25. The van der Waals surface area contributed by atoms with Gasteiger partial charge in [0.1, 0.15) is 10.7 Å². The van der Waals surface area contributed by atoms with Crippen molar-refractivity contribution in [2.75, 3.05) is 38.1 Å². The van der Waals surface area contributed by atoms with Gasteiger partial charge in [0.2, 0.25) is 15.3 Å². The maximum absolute atomic E-state index is 15.1. The summed E-state index contributed by atoms with van der Waals surface area (Å²) in [6, 6.07) is 9.30. The lowest BCUT2D eigenvalue weighted by molar-refractivity contribution is 0.312. The van der Waals surface area contributed by atoms with E-state index in [2.05, 4.69) is 4.90 Å². The number of rotatable bonds is 4. The molecule has 1 aromatic heterocycles. The van der Waals surface area contributed by atoms with Gasteiger partial charge in [-0.2, -0.15) is 0 Å². The van der Waals surface area contributed by atoms with E-state index in [0.717, 1.165) is 18.7 Å². The van der Waals surface area contributed by atoms with E-state index in [4.69, 9.17) is 0 Å². The summed E-state index contributed by atoms with van der Waals surface area (Å²) >= 11 is 0. The summed E-state index contributed by atoms with van der Waals surface area (Å²) in [6.07, 6.45) is 1.38. The molecule has 8 heteroatoms. The summed E-state index contributed by atoms with van der Waals surface area (Å²) in [7, 11) is -2.01. The van der Waals surface area contributed by atoms with E-state index in [1.807, 2.05) is 18.9 Å². The largest absolute Gasteiger partial charge is 0.367 e. The predicted molar refractivity (Wildman–Crippen MR) is 120 cm³/mol. The van der Waals surface area contributed by atoms with Gasteiger partial charge in [0, 0.05) is 38.9 Å². The van der Waals surface area contributed by atoms with Crippen molar-refractivity contribution in [3.63, 3.8) is 0 Å². The van der Waals surface area contributed by atoms with Crippen LogP contribution in [-0.4, -0.2) is 51.1 Å². The normalized spacial score (nSPS) is 15.5. The molecule has 6 nitrogen and oxygen atoms in total. The van der Waals surface area contributed by atoms with Gasteiger partial charge in [-0.15, -0.1) is 0 Å². The van der Waals surface area contributed by atoms with Gasteiger partial charge in [0.25, 0.3) is 0 Å². The Kier molecular flexibility index (Phi) is 5.61. The minimum absolute atomic E-state index is 0.0566. The zero-order valence-electron chi connectivity index (χ0n) is 17.9. The first-order chi connectivity index (χ1) is 14.7. The van der Waals surface area contributed by atoms with E-state index < -0.39 is 21.1 Å². The number of likely N-dealkylation sites (N-methyl/N-ethyl adjacent to an activating group) is 1. The third kappa shape index (κ3) is 3.85. The van der Waals surface area contributed by atoms with Gasteiger partial charge in [-0.05, 0) is 50.7 Å². The van der Waals surface area contributed by atoms with Crippen LogP contribution in [0.1, 0.15) is 12.5 Å². The van der Waals surface area contributed by atoms with E-state index in [1.165, 1.54) is 24.4 Å². The number of aromatic nitrogens is 1. The second-order valence-corrected chi connectivity index (χ2v) is 9.96. The lowest BCUT2D eigenvalue weighted by Gasteiger charge is -2.34. The molecule has 0 saturated carbocycles. The highest BCUT2D eigenvalue weighted by molar-refractivity contribution is 7.91. The monoisotopic (exact) mass is 443 g/mol. The second kappa shape index (κ2) is 8.09. The van der Waals surface area contributed by atoms with Crippen molar-refractivity contribution in [1.29, 1.82) is 0 Å². The fraction of sp³-hybridized carbons (Fsp3) is 0.348. The number of fused-ring (bicyclic) bond motifs is 1. The van der Waals surface area contributed by atoms with Crippen LogP contribution in [0.25, 0.3) is 10.9 Å². The van der Waals surface area contributed by atoms with E-state index in [9.17, 15) is 13.2 Å². The summed E-state index contributed by atoms with van der Waals surface area (Å²) < 4.78 is 43.2. The van der Waals surface area contributed by atoms with Crippen LogP contribution in [0.15, 0.2) is 57.2 Å². The topological polar surface area (TPSA) is 62.6 Å². The molecule has 31 heavy (non-hydrogen) atoms. The van der Waals surface area contributed by atoms with Crippen molar-refractivity contribution in [2.45, 2.75) is 30.2 Å². The first kappa shape index (κ1) is 21.5. The van der Waals surface area contributed by atoms with Crippen molar-refractivity contribution in [3.8, 4) is 0 Å². The number of benzene rings is 2. The van der Waals surface area contributed by atoms with E-state index >= 15 is 4.39 Å². The van der Waals surface area contributed by atoms with Gasteiger partial charge < -0.3 is 14.4 Å². The third-order valence-corrected chi connectivity index (χ3v) is 7.63.